The minimum absolute atomic E-state index is 0.0739. The molecule has 4 nitrogen and oxygen atoms in total. The second kappa shape index (κ2) is 6.54. The molecule has 0 atom stereocenters. The van der Waals surface area contributed by atoms with Gasteiger partial charge in [0.15, 0.2) is 5.16 Å². The van der Waals surface area contributed by atoms with Crippen LogP contribution < -0.4 is 0 Å². The highest BCUT2D eigenvalue weighted by Gasteiger charge is 2.11. The van der Waals surface area contributed by atoms with Gasteiger partial charge in [0.05, 0.1) is 0 Å². The van der Waals surface area contributed by atoms with Crippen LogP contribution >= 0.6 is 47.2 Å². The molecule has 1 aromatic rings. The summed E-state index contributed by atoms with van der Waals surface area (Å²) < 4.78 is 0.698. The van der Waals surface area contributed by atoms with Gasteiger partial charge in [0, 0.05) is 13.1 Å². The van der Waals surface area contributed by atoms with Crippen molar-refractivity contribution in [2.75, 3.05) is 13.1 Å². The fourth-order valence-corrected chi connectivity index (χ4v) is 2.73. The van der Waals surface area contributed by atoms with Crippen molar-refractivity contribution in [3.8, 4) is 0 Å². The Hall–Kier alpha value is -0.170. The first-order valence-corrected chi connectivity index (χ1v) is 6.58. The molecular formula is C8H10Cl2N4S2. The Labute approximate surface area is 114 Å². The molecule has 0 bridgehead atoms. The van der Waals surface area contributed by atoms with Gasteiger partial charge in [-0.25, -0.2) is 0 Å². The van der Waals surface area contributed by atoms with Crippen molar-refractivity contribution in [3.05, 3.63) is 10.6 Å². The molecule has 0 amide bonds. The average molecular weight is 297 g/mol. The molecule has 88 valence electrons. The van der Waals surface area contributed by atoms with E-state index in [2.05, 4.69) is 15.0 Å². The minimum atomic E-state index is 0.0739. The largest absolute Gasteiger partial charge is 0.358 e. The Morgan fingerprint density at radius 3 is 2.12 bits per heavy atom. The zero-order chi connectivity index (χ0) is 12.1. The van der Waals surface area contributed by atoms with Crippen molar-refractivity contribution >= 4 is 51.5 Å². The Morgan fingerprint density at radius 2 is 1.69 bits per heavy atom. The normalized spacial score (nSPS) is 10.2. The Balaban J connectivity index is 2.76. The van der Waals surface area contributed by atoms with Crippen LogP contribution in [0.3, 0.4) is 0 Å². The SMILES string of the molecule is CCN(CC)C(=S)Sc1nc(Cl)nc(Cl)n1. The van der Waals surface area contributed by atoms with E-state index in [9.17, 15) is 0 Å². The number of rotatable bonds is 3. The van der Waals surface area contributed by atoms with Crippen LogP contribution in [-0.2, 0) is 0 Å². The van der Waals surface area contributed by atoms with Gasteiger partial charge in [-0.3, -0.25) is 0 Å². The van der Waals surface area contributed by atoms with Gasteiger partial charge in [-0.2, -0.15) is 15.0 Å². The molecule has 0 saturated heterocycles. The number of hydrogen-bond donors (Lipinski definition) is 0. The molecule has 1 heterocycles. The zero-order valence-electron chi connectivity index (χ0n) is 8.78. The first-order valence-electron chi connectivity index (χ1n) is 4.60. The lowest BCUT2D eigenvalue weighted by molar-refractivity contribution is 0.482. The van der Waals surface area contributed by atoms with E-state index in [0.29, 0.717) is 9.48 Å². The molecular weight excluding hydrogens is 287 g/mol. The molecule has 0 saturated carbocycles. The van der Waals surface area contributed by atoms with Crippen LogP contribution in [0.1, 0.15) is 13.8 Å². The van der Waals surface area contributed by atoms with E-state index in [-0.39, 0.29) is 10.6 Å². The number of thioether (sulfide) groups is 1. The van der Waals surface area contributed by atoms with Crippen LogP contribution in [0.2, 0.25) is 10.6 Å². The summed E-state index contributed by atoms with van der Waals surface area (Å²) in [5.41, 5.74) is 0. The minimum Gasteiger partial charge on any atom is -0.358 e. The Kier molecular flexibility index (Phi) is 5.68. The molecule has 0 unspecified atom stereocenters. The van der Waals surface area contributed by atoms with Crippen molar-refractivity contribution in [2.45, 2.75) is 19.0 Å². The summed E-state index contributed by atoms with van der Waals surface area (Å²) in [5, 5.41) is 0.566. The van der Waals surface area contributed by atoms with Crippen LogP contribution in [0.25, 0.3) is 0 Å². The molecule has 0 N–H and O–H groups in total. The third-order valence-corrected chi connectivity index (χ3v) is 3.40. The molecule has 0 aliphatic rings. The van der Waals surface area contributed by atoms with Crippen LogP contribution in [0.5, 0.6) is 0 Å². The molecule has 0 spiro atoms. The van der Waals surface area contributed by atoms with Crippen LogP contribution in [-0.4, -0.2) is 37.3 Å². The molecule has 1 rings (SSSR count). The van der Waals surface area contributed by atoms with E-state index >= 15 is 0 Å². The molecule has 0 fully saturated rings. The first kappa shape index (κ1) is 13.9. The highest BCUT2D eigenvalue weighted by atomic mass is 35.5. The Bertz CT molecular complexity index is 364. The van der Waals surface area contributed by atoms with Crippen molar-refractivity contribution < 1.29 is 0 Å². The monoisotopic (exact) mass is 296 g/mol. The van der Waals surface area contributed by atoms with Crippen molar-refractivity contribution in [1.29, 1.82) is 0 Å². The van der Waals surface area contributed by atoms with Gasteiger partial charge in [-0.1, -0.05) is 12.2 Å². The van der Waals surface area contributed by atoms with E-state index in [1.807, 2.05) is 18.7 Å². The fourth-order valence-electron chi connectivity index (χ4n) is 0.979. The average Bonchev–Trinajstić information content (AvgIpc) is 2.17. The molecule has 0 aliphatic carbocycles. The third-order valence-electron chi connectivity index (χ3n) is 1.76. The van der Waals surface area contributed by atoms with Crippen LogP contribution in [0.4, 0.5) is 0 Å². The maximum Gasteiger partial charge on any atom is 0.227 e. The standard InChI is InChI=1S/C8H10Cl2N4S2/c1-3-14(4-2)8(15)16-7-12-5(9)11-6(10)13-7/h3-4H2,1-2H3. The third kappa shape index (κ3) is 4.01. The van der Waals surface area contributed by atoms with E-state index < -0.39 is 0 Å². The molecule has 16 heavy (non-hydrogen) atoms. The number of nitrogens with zero attached hydrogens (tertiary/aromatic N) is 4. The highest BCUT2D eigenvalue weighted by molar-refractivity contribution is 8.22. The number of halogens is 2. The van der Waals surface area contributed by atoms with Gasteiger partial charge in [0.25, 0.3) is 0 Å². The summed E-state index contributed by atoms with van der Waals surface area (Å²) in [4.78, 5) is 13.5. The molecule has 0 aliphatic heterocycles. The van der Waals surface area contributed by atoms with E-state index in [1.165, 1.54) is 11.8 Å². The summed E-state index contributed by atoms with van der Waals surface area (Å²) in [7, 11) is 0. The summed E-state index contributed by atoms with van der Waals surface area (Å²) in [5.74, 6) is 0. The lowest BCUT2D eigenvalue weighted by atomic mass is 10.6. The van der Waals surface area contributed by atoms with E-state index in [4.69, 9.17) is 35.4 Å². The number of aromatic nitrogens is 3. The number of hydrogen-bond acceptors (Lipinski definition) is 5. The van der Waals surface area contributed by atoms with E-state index in [0.717, 1.165) is 13.1 Å². The second-order valence-corrected chi connectivity index (χ2v) is 4.97. The van der Waals surface area contributed by atoms with Crippen LogP contribution in [0, 0.1) is 0 Å². The van der Waals surface area contributed by atoms with Gasteiger partial charge in [0.2, 0.25) is 10.6 Å². The lowest BCUT2D eigenvalue weighted by Gasteiger charge is -2.19. The summed E-state index contributed by atoms with van der Waals surface area (Å²) >= 11 is 17.8. The molecule has 0 radical (unpaired) electrons. The highest BCUT2D eigenvalue weighted by Crippen LogP contribution is 2.20. The maximum atomic E-state index is 5.66. The van der Waals surface area contributed by atoms with Crippen LogP contribution in [0.15, 0.2) is 5.16 Å². The summed E-state index contributed by atoms with van der Waals surface area (Å²) in [6.07, 6.45) is 0. The number of thiocarbonyl (C=S) groups is 1. The molecule has 0 aromatic carbocycles. The Morgan fingerprint density at radius 1 is 1.19 bits per heavy atom. The van der Waals surface area contributed by atoms with E-state index in [1.54, 1.807) is 0 Å². The van der Waals surface area contributed by atoms with Crippen molar-refractivity contribution in [3.63, 3.8) is 0 Å². The zero-order valence-corrected chi connectivity index (χ0v) is 11.9. The van der Waals surface area contributed by atoms with Gasteiger partial charge >= 0.3 is 0 Å². The molecule has 1 aromatic heterocycles. The predicted molar refractivity (Wildman–Crippen MR) is 71.2 cm³/mol. The predicted octanol–water partition coefficient (Wildman–Crippen LogP) is 2.90. The summed E-state index contributed by atoms with van der Waals surface area (Å²) in [6, 6.07) is 0. The fraction of sp³-hybridized carbons (Fsp3) is 0.500. The second-order valence-electron chi connectivity index (χ2n) is 2.70. The maximum absolute atomic E-state index is 5.66. The van der Waals surface area contributed by atoms with Crippen molar-refractivity contribution in [1.82, 2.24) is 19.9 Å². The topological polar surface area (TPSA) is 41.9 Å². The van der Waals surface area contributed by atoms with Gasteiger partial charge in [0.1, 0.15) is 4.32 Å². The lowest BCUT2D eigenvalue weighted by Crippen LogP contribution is -2.26. The first-order chi connectivity index (χ1) is 7.56. The smallest absolute Gasteiger partial charge is 0.227 e. The van der Waals surface area contributed by atoms with Gasteiger partial charge < -0.3 is 4.90 Å². The molecule has 8 heteroatoms. The van der Waals surface area contributed by atoms with Gasteiger partial charge in [-0.05, 0) is 48.8 Å². The quantitative estimate of drug-likeness (QED) is 0.631. The summed E-state index contributed by atoms with van der Waals surface area (Å²) in [6.45, 7) is 5.75. The van der Waals surface area contributed by atoms with Crippen molar-refractivity contribution in [2.24, 2.45) is 0 Å². The van der Waals surface area contributed by atoms with Gasteiger partial charge in [-0.15, -0.1) is 0 Å².